The van der Waals surface area contributed by atoms with Gasteiger partial charge in [0.25, 0.3) is 11.5 Å². The lowest BCUT2D eigenvalue weighted by atomic mass is 9.89. The minimum absolute atomic E-state index is 0.0141. The molecule has 0 aliphatic carbocycles. The number of benzene rings is 1. The third-order valence-electron chi connectivity index (χ3n) is 5.25. The molecule has 0 bridgehead atoms. The number of likely N-dealkylation sites (tertiary alicyclic amines) is 1. The Kier molecular flexibility index (Phi) is 4.32. The Labute approximate surface area is 156 Å². The summed E-state index contributed by atoms with van der Waals surface area (Å²) in [6, 6.07) is 9.77. The maximum absolute atomic E-state index is 13.0. The quantitative estimate of drug-likeness (QED) is 0.751. The zero-order valence-electron chi connectivity index (χ0n) is 14.5. The molecule has 5 nitrogen and oxygen atoms in total. The monoisotopic (exact) mass is 369 g/mol. The largest absolute Gasteiger partial charge is 0.357 e. The van der Waals surface area contributed by atoms with E-state index in [4.69, 9.17) is 11.6 Å². The first-order chi connectivity index (χ1) is 12.5. The van der Waals surface area contributed by atoms with Gasteiger partial charge in [0.1, 0.15) is 5.52 Å². The van der Waals surface area contributed by atoms with Crippen molar-refractivity contribution in [1.82, 2.24) is 14.5 Å². The number of halogens is 1. The summed E-state index contributed by atoms with van der Waals surface area (Å²) < 4.78 is 1.46. The smallest absolute Gasteiger partial charge is 0.274 e. The fraction of sp³-hybridized carbons (Fsp3) is 0.300. The van der Waals surface area contributed by atoms with E-state index in [1.165, 1.54) is 10.1 Å². The molecule has 1 N–H and O–H groups in total. The molecule has 2 aromatic heterocycles. The van der Waals surface area contributed by atoms with Gasteiger partial charge < -0.3 is 14.5 Å². The van der Waals surface area contributed by atoms with Crippen molar-refractivity contribution in [1.29, 1.82) is 0 Å². The van der Waals surface area contributed by atoms with Crippen molar-refractivity contribution < 1.29 is 4.79 Å². The van der Waals surface area contributed by atoms with Crippen LogP contribution in [0.25, 0.3) is 10.9 Å². The van der Waals surface area contributed by atoms with Crippen molar-refractivity contribution in [3.63, 3.8) is 0 Å². The first-order valence-electron chi connectivity index (χ1n) is 8.76. The van der Waals surface area contributed by atoms with Gasteiger partial charge in [0.2, 0.25) is 0 Å². The van der Waals surface area contributed by atoms with E-state index < -0.39 is 0 Å². The number of amides is 1. The molecule has 4 rings (SSSR count). The van der Waals surface area contributed by atoms with E-state index in [0.717, 1.165) is 17.9 Å². The number of hydrogen-bond donors (Lipinski definition) is 1. The van der Waals surface area contributed by atoms with Crippen LogP contribution < -0.4 is 5.56 Å². The number of H-pyrrole nitrogens is 1. The van der Waals surface area contributed by atoms with Crippen LogP contribution in [0.1, 0.15) is 34.7 Å². The number of nitrogens with zero attached hydrogens (tertiary/aromatic N) is 2. The van der Waals surface area contributed by atoms with Gasteiger partial charge in [-0.1, -0.05) is 23.7 Å². The van der Waals surface area contributed by atoms with Crippen molar-refractivity contribution >= 4 is 28.4 Å². The van der Waals surface area contributed by atoms with E-state index in [0.29, 0.717) is 35.5 Å². The van der Waals surface area contributed by atoms with E-state index in [1.54, 1.807) is 25.5 Å². The molecule has 1 aliphatic rings. The molecule has 0 unspecified atom stereocenters. The Bertz CT molecular complexity index is 1010. The highest BCUT2D eigenvalue weighted by Crippen LogP contribution is 2.30. The molecule has 1 saturated heterocycles. The standard InChI is InChI=1S/C20H20ClN3O2/c1-23-12-17(16-6-9-22-18(16)20(23)26)19(25)24-10-7-14(8-11-24)13-2-4-15(21)5-3-13/h2-6,9,12,14,22H,7-8,10-11H2,1H3. The molecule has 0 saturated carbocycles. The topological polar surface area (TPSA) is 58.1 Å². The number of aryl methyl sites for hydroxylation is 1. The predicted molar refractivity (Wildman–Crippen MR) is 103 cm³/mol. The molecule has 1 amide bonds. The number of fused-ring (bicyclic) bond motifs is 1. The number of aromatic amines is 1. The lowest BCUT2D eigenvalue weighted by molar-refractivity contribution is 0.0714. The number of rotatable bonds is 2. The fourth-order valence-corrected chi connectivity index (χ4v) is 3.89. The Balaban J connectivity index is 1.54. The summed E-state index contributed by atoms with van der Waals surface area (Å²) in [6.07, 6.45) is 5.20. The summed E-state index contributed by atoms with van der Waals surface area (Å²) in [5.41, 5.74) is 2.21. The SMILES string of the molecule is Cn1cc(C(=O)N2CCC(c3ccc(Cl)cc3)CC2)c2cc[nH]c2c1=O. The number of nitrogens with one attached hydrogen (secondary N) is 1. The van der Waals surface area contributed by atoms with Gasteiger partial charge in [-0.3, -0.25) is 9.59 Å². The summed E-state index contributed by atoms with van der Waals surface area (Å²) in [6.45, 7) is 1.42. The Morgan fingerprint density at radius 3 is 2.54 bits per heavy atom. The minimum Gasteiger partial charge on any atom is -0.357 e. The molecule has 1 aliphatic heterocycles. The molecular weight excluding hydrogens is 350 g/mol. The third-order valence-corrected chi connectivity index (χ3v) is 5.50. The van der Waals surface area contributed by atoms with Crippen LogP contribution in [-0.2, 0) is 7.05 Å². The van der Waals surface area contributed by atoms with Crippen molar-refractivity contribution in [3.05, 3.63) is 69.2 Å². The van der Waals surface area contributed by atoms with E-state index in [1.807, 2.05) is 17.0 Å². The maximum Gasteiger partial charge on any atom is 0.274 e. The van der Waals surface area contributed by atoms with E-state index in [-0.39, 0.29) is 11.5 Å². The van der Waals surface area contributed by atoms with Gasteiger partial charge in [-0.15, -0.1) is 0 Å². The van der Waals surface area contributed by atoms with Crippen LogP contribution in [0.4, 0.5) is 0 Å². The average molecular weight is 370 g/mol. The highest BCUT2D eigenvalue weighted by Gasteiger charge is 2.26. The molecule has 1 fully saturated rings. The highest BCUT2D eigenvalue weighted by atomic mass is 35.5. The molecule has 0 atom stereocenters. The zero-order valence-corrected chi connectivity index (χ0v) is 15.3. The second kappa shape index (κ2) is 6.65. The lowest BCUT2D eigenvalue weighted by Gasteiger charge is -2.32. The number of pyridine rings is 1. The maximum atomic E-state index is 13.0. The van der Waals surface area contributed by atoms with Crippen molar-refractivity contribution in [2.45, 2.75) is 18.8 Å². The summed E-state index contributed by atoms with van der Waals surface area (Å²) >= 11 is 5.97. The van der Waals surface area contributed by atoms with Crippen molar-refractivity contribution in [3.8, 4) is 0 Å². The number of hydrogen-bond acceptors (Lipinski definition) is 2. The van der Waals surface area contributed by atoms with Gasteiger partial charge in [-0.2, -0.15) is 0 Å². The molecule has 26 heavy (non-hydrogen) atoms. The van der Waals surface area contributed by atoms with Gasteiger partial charge in [-0.05, 0) is 42.5 Å². The second-order valence-electron chi connectivity index (χ2n) is 6.84. The van der Waals surface area contributed by atoms with E-state index in [2.05, 4.69) is 17.1 Å². The summed E-state index contributed by atoms with van der Waals surface area (Å²) in [7, 11) is 1.67. The first-order valence-corrected chi connectivity index (χ1v) is 9.14. The summed E-state index contributed by atoms with van der Waals surface area (Å²) in [5, 5.41) is 1.43. The highest BCUT2D eigenvalue weighted by molar-refractivity contribution is 6.30. The van der Waals surface area contributed by atoms with Gasteiger partial charge >= 0.3 is 0 Å². The summed E-state index contributed by atoms with van der Waals surface area (Å²) in [4.78, 5) is 30.0. The molecule has 1 aromatic carbocycles. The van der Waals surface area contributed by atoms with E-state index in [9.17, 15) is 9.59 Å². The molecule has 3 aromatic rings. The minimum atomic E-state index is -0.122. The Morgan fingerprint density at radius 1 is 1.15 bits per heavy atom. The van der Waals surface area contributed by atoms with Crippen LogP contribution in [0.15, 0.2) is 47.5 Å². The van der Waals surface area contributed by atoms with Gasteiger partial charge in [0, 0.05) is 42.9 Å². The number of carbonyl (C=O) groups is 1. The van der Waals surface area contributed by atoms with Gasteiger partial charge in [0.05, 0.1) is 5.56 Å². The number of piperidine rings is 1. The third kappa shape index (κ3) is 2.92. The normalized spacial score (nSPS) is 15.5. The Hall–Kier alpha value is -2.53. The molecule has 3 heterocycles. The van der Waals surface area contributed by atoms with Crippen molar-refractivity contribution in [2.75, 3.05) is 13.1 Å². The molecule has 0 radical (unpaired) electrons. The van der Waals surface area contributed by atoms with Crippen LogP contribution in [0.5, 0.6) is 0 Å². The summed E-state index contributed by atoms with van der Waals surface area (Å²) in [5.74, 6) is 0.434. The fourth-order valence-electron chi connectivity index (χ4n) is 3.76. The van der Waals surface area contributed by atoms with Crippen LogP contribution in [0, 0.1) is 0 Å². The first kappa shape index (κ1) is 16.9. The molecular formula is C20H20ClN3O2. The van der Waals surface area contributed by atoms with Gasteiger partial charge in [-0.25, -0.2) is 0 Å². The molecule has 134 valence electrons. The van der Waals surface area contributed by atoms with E-state index >= 15 is 0 Å². The van der Waals surface area contributed by atoms with Crippen LogP contribution in [0.2, 0.25) is 5.02 Å². The van der Waals surface area contributed by atoms with Crippen molar-refractivity contribution in [2.24, 2.45) is 7.05 Å². The van der Waals surface area contributed by atoms with Crippen LogP contribution >= 0.6 is 11.6 Å². The molecule has 0 spiro atoms. The predicted octanol–water partition coefficient (Wildman–Crippen LogP) is 3.54. The number of aromatic nitrogens is 2. The lowest BCUT2D eigenvalue weighted by Crippen LogP contribution is -2.38. The molecule has 6 heteroatoms. The Morgan fingerprint density at radius 2 is 1.85 bits per heavy atom. The number of carbonyl (C=O) groups excluding carboxylic acids is 1. The zero-order chi connectivity index (χ0) is 18.3. The average Bonchev–Trinajstić information content (AvgIpc) is 3.15. The van der Waals surface area contributed by atoms with Gasteiger partial charge in [0.15, 0.2) is 0 Å². The van der Waals surface area contributed by atoms with Crippen LogP contribution in [0.3, 0.4) is 0 Å². The second-order valence-corrected chi connectivity index (χ2v) is 7.28. The van der Waals surface area contributed by atoms with Crippen LogP contribution in [-0.4, -0.2) is 33.4 Å².